The second-order valence-electron chi connectivity index (χ2n) is 3.27. The third-order valence-electron chi connectivity index (χ3n) is 2.05. The van der Waals surface area contributed by atoms with Gasteiger partial charge in [-0.3, -0.25) is 0 Å². The van der Waals surface area contributed by atoms with Gasteiger partial charge in [-0.25, -0.2) is 0 Å². The van der Waals surface area contributed by atoms with Crippen LogP contribution < -0.4 is 0 Å². The van der Waals surface area contributed by atoms with Gasteiger partial charge in [0.1, 0.15) is 0 Å². The van der Waals surface area contributed by atoms with Crippen molar-refractivity contribution in [2.45, 2.75) is 33.1 Å². The fourth-order valence-corrected chi connectivity index (χ4v) is 1.29. The molecule has 0 aromatic rings. The summed E-state index contributed by atoms with van der Waals surface area (Å²) in [6, 6.07) is 0. The van der Waals surface area contributed by atoms with E-state index in [1.807, 2.05) is 0 Å². The van der Waals surface area contributed by atoms with Crippen LogP contribution in [-0.4, -0.2) is 0 Å². The van der Waals surface area contributed by atoms with Crippen molar-refractivity contribution >= 4 is 0 Å². The van der Waals surface area contributed by atoms with Crippen LogP contribution in [0.4, 0.5) is 0 Å². The predicted octanol–water partition coefficient (Wildman–Crippen LogP) is 3.31. The average molecular weight is 328 g/mol. The van der Waals surface area contributed by atoms with Gasteiger partial charge in [0.2, 0.25) is 0 Å². The van der Waals surface area contributed by atoms with E-state index in [2.05, 4.69) is 32.1 Å². The molecule has 0 aromatic carbocycles. The smallest absolute Gasteiger partial charge is 0 e. The van der Waals surface area contributed by atoms with Crippen molar-refractivity contribution in [3.8, 4) is 0 Å². The molecule has 1 heteroatoms. The molecule has 1 unspecified atom stereocenters. The van der Waals surface area contributed by atoms with Crippen molar-refractivity contribution < 1.29 is 20.1 Å². The Morgan fingerprint density at radius 3 is 2.91 bits per heavy atom. The van der Waals surface area contributed by atoms with Crippen LogP contribution in [0.2, 0.25) is 0 Å². The van der Waals surface area contributed by atoms with Gasteiger partial charge >= 0.3 is 0 Å². The summed E-state index contributed by atoms with van der Waals surface area (Å²) in [5.41, 5.74) is 1.52. The Bertz CT molecular complexity index is 156. The Morgan fingerprint density at radius 2 is 2.18 bits per heavy atom. The first-order chi connectivity index (χ1) is 4.79. The van der Waals surface area contributed by atoms with Crippen LogP contribution in [0.3, 0.4) is 0 Å². The van der Waals surface area contributed by atoms with Crippen LogP contribution in [0.5, 0.6) is 0 Å². The molecule has 1 aliphatic rings. The average Bonchev–Trinajstić information content (AvgIpc) is 1.84. The van der Waals surface area contributed by atoms with Crippen LogP contribution in [0.25, 0.3) is 0 Å². The van der Waals surface area contributed by atoms with E-state index in [0.717, 1.165) is 5.92 Å². The zero-order valence-electron chi connectivity index (χ0n) is 7.26. The van der Waals surface area contributed by atoms with E-state index in [4.69, 9.17) is 0 Å². The molecule has 1 radical (unpaired) electrons. The second-order valence-corrected chi connectivity index (χ2v) is 3.27. The van der Waals surface area contributed by atoms with Gasteiger partial charge in [-0.1, -0.05) is 30.7 Å². The molecule has 65 valence electrons. The summed E-state index contributed by atoms with van der Waals surface area (Å²) in [6.07, 6.45) is 10.7. The van der Waals surface area contributed by atoms with Crippen LogP contribution in [-0.2, 0) is 20.1 Å². The fraction of sp³-hybridized carbons (Fsp3) is 0.600. The molecule has 11 heavy (non-hydrogen) atoms. The van der Waals surface area contributed by atoms with E-state index >= 15 is 0 Å². The van der Waals surface area contributed by atoms with Gasteiger partial charge in [-0.05, 0) is 32.1 Å². The van der Waals surface area contributed by atoms with E-state index < -0.39 is 0 Å². The minimum Gasteiger partial charge on any atom is -0.0817 e. The summed E-state index contributed by atoms with van der Waals surface area (Å²) in [7, 11) is 0. The van der Waals surface area contributed by atoms with Gasteiger partial charge in [-0.15, -0.1) is 0 Å². The molecule has 0 saturated heterocycles. The summed E-state index contributed by atoms with van der Waals surface area (Å²) in [5.74, 6) is 0.782. The summed E-state index contributed by atoms with van der Waals surface area (Å²) in [5, 5.41) is 0. The van der Waals surface area contributed by atoms with Crippen molar-refractivity contribution in [1.29, 1.82) is 0 Å². The second kappa shape index (κ2) is 5.74. The Morgan fingerprint density at radius 1 is 1.45 bits per heavy atom. The van der Waals surface area contributed by atoms with Crippen LogP contribution in [0, 0.1) is 5.92 Å². The molecule has 1 atom stereocenters. The van der Waals surface area contributed by atoms with Gasteiger partial charge in [0.25, 0.3) is 0 Å². The first-order valence-electron chi connectivity index (χ1n) is 4.13. The Balaban J connectivity index is 0.000001000. The maximum atomic E-state index is 2.29. The fourth-order valence-electron chi connectivity index (χ4n) is 1.29. The molecular formula is C10H16Ir. The standard InChI is InChI=1S/C10H16.Ir/c1-9-5-3-7-10(2)8-4-6-9;/h3,5,7,9H,4,6,8H2,1-2H3;/b5-3-,10-7-;. The first-order valence-corrected chi connectivity index (χ1v) is 4.13. The number of allylic oxidation sites excluding steroid dienone is 4. The summed E-state index contributed by atoms with van der Waals surface area (Å²) < 4.78 is 0. The number of rotatable bonds is 0. The molecule has 1 rings (SSSR count). The summed E-state index contributed by atoms with van der Waals surface area (Å²) in [4.78, 5) is 0. The van der Waals surface area contributed by atoms with Gasteiger partial charge in [-0.2, -0.15) is 0 Å². The SMILES string of the molecule is C/C1=C/C=C\C(C)CCC1.[Ir]. The molecule has 1 aliphatic carbocycles. The minimum atomic E-state index is 0. The monoisotopic (exact) mass is 329 g/mol. The largest absolute Gasteiger partial charge is 0.0817 e. The molecule has 0 N–H and O–H groups in total. The number of hydrogen-bond donors (Lipinski definition) is 0. The van der Waals surface area contributed by atoms with Crippen molar-refractivity contribution in [3.05, 3.63) is 23.8 Å². The molecule has 0 amide bonds. The normalized spacial score (nSPS) is 32.2. The maximum absolute atomic E-state index is 2.29. The summed E-state index contributed by atoms with van der Waals surface area (Å²) in [6.45, 7) is 4.49. The molecule has 0 nitrogen and oxygen atoms in total. The Labute approximate surface area is 83.1 Å². The van der Waals surface area contributed by atoms with Gasteiger partial charge < -0.3 is 0 Å². The van der Waals surface area contributed by atoms with Gasteiger partial charge in [0.15, 0.2) is 0 Å². The molecule has 0 fully saturated rings. The van der Waals surface area contributed by atoms with E-state index in [1.165, 1.54) is 24.8 Å². The van der Waals surface area contributed by atoms with E-state index in [1.54, 1.807) is 0 Å². The van der Waals surface area contributed by atoms with Crippen molar-refractivity contribution in [2.75, 3.05) is 0 Å². The minimum absolute atomic E-state index is 0. The van der Waals surface area contributed by atoms with Crippen LogP contribution >= 0.6 is 0 Å². The molecule has 0 aliphatic heterocycles. The van der Waals surface area contributed by atoms with Crippen molar-refractivity contribution in [3.63, 3.8) is 0 Å². The third kappa shape index (κ3) is 4.55. The molecule has 0 aromatic heterocycles. The Kier molecular flexibility index (Phi) is 5.81. The third-order valence-corrected chi connectivity index (χ3v) is 2.05. The first kappa shape index (κ1) is 11.1. The van der Waals surface area contributed by atoms with Gasteiger partial charge in [0, 0.05) is 20.1 Å². The zero-order valence-corrected chi connectivity index (χ0v) is 9.66. The zero-order chi connectivity index (χ0) is 7.40. The Hall–Kier alpha value is 0.129. The number of hydrogen-bond acceptors (Lipinski definition) is 0. The molecule has 0 bridgehead atoms. The summed E-state index contributed by atoms with van der Waals surface area (Å²) >= 11 is 0. The van der Waals surface area contributed by atoms with Crippen LogP contribution in [0.15, 0.2) is 23.8 Å². The molecular weight excluding hydrogens is 312 g/mol. The maximum Gasteiger partial charge on any atom is 0 e. The van der Waals surface area contributed by atoms with Crippen molar-refractivity contribution in [1.82, 2.24) is 0 Å². The topological polar surface area (TPSA) is 0 Å². The van der Waals surface area contributed by atoms with E-state index in [9.17, 15) is 0 Å². The predicted molar refractivity (Wildman–Crippen MR) is 45.9 cm³/mol. The van der Waals surface area contributed by atoms with E-state index in [0.29, 0.717) is 0 Å². The van der Waals surface area contributed by atoms with Gasteiger partial charge in [0.05, 0.1) is 0 Å². The van der Waals surface area contributed by atoms with Crippen molar-refractivity contribution in [2.24, 2.45) is 5.92 Å². The van der Waals surface area contributed by atoms with Crippen LogP contribution in [0.1, 0.15) is 33.1 Å². The van der Waals surface area contributed by atoms with E-state index in [-0.39, 0.29) is 20.1 Å². The molecule has 0 spiro atoms. The quantitative estimate of drug-likeness (QED) is 0.640. The molecule has 0 heterocycles. The molecule has 0 saturated carbocycles.